The lowest BCUT2D eigenvalue weighted by Crippen LogP contribution is -2.35. The number of anilines is 1. The maximum absolute atomic E-state index is 11.9. The quantitative estimate of drug-likeness (QED) is 0.578. The minimum atomic E-state index is -0.673. The van der Waals surface area contributed by atoms with Gasteiger partial charge in [0, 0.05) is 0 Å². The van der Waals surface area contributed by atoms with E-state index in [2.05, 4.69) is 4.74 Å². The molecule has 1 amide bonds. The first-order valence-corrected chi connectivity index (χ1v) is 5.50. The van der Waals surface area contributed by atoms with Crippen molar-refractivity contribution in [3.63, 3.8) is 0 Å². The average molecular weight is 247 g/mol. The monoisotopic (exact) mass is 247 g/mol. The van der Waals surface area contributed by atoms with E-state index >= 15 is 0 Å². The molecule has 5 nitrogen and oxygen atoms in total. The topological polar surface area (TPSA) is 63.7 Å². The summed E-state index contributed by atoms with van der Waals surface area (Å²) in [7, 11) is 1.24. The van der Waals surface area contributed by atoms with Gasteiger partial charge in [-0.1, -0.05) is 12.1 Å². The van der Waals surface area contributed by atoms with Crippen LogP contribution in [-0.2, 0) is 14.3 Å². The van der Waals surface area contributed by atoms with Crippen molar-refractivity contribution in [1.29, 1.82) is 0 Å². The number of benzene rings is 1. The van der Waals surface area contributed by atoms with Crippen molar-refractivity contribution in [1.82, 2.24) is 0 Å². The summed E-state index contributed by atoms with van der Waals surface area (Å²) in [4.78, 5) is 36.3. The molecule has 0 spiro atoms. The van der Waals surface area contributed by atoms with Gasteiger partial charge in [-0.25, -0.2) is 0 Å². The summed E-state index contributed by atoms with van der Waals surface area (Å²) in [6, 6.07) is 3.62. The van der Waals surface area contributed by atoms with Crippen LogP contribution in [0.3, 0.4) is 0 Å². The number of ether oxygens (including phenoxy) is 1. The minimum absolute atomic E-state index is 0.238. The number of methoxy groups -OCH3 is 1. The van der Waals surface area contributed by atoms with E-state index in [1.54, 1.807) is 19.9 Å². The molecule has 0 saturated heterocycles. The van der Waals surface area contributed by atoms with Gasteiger partial charge in [0.25, 0.3) is 11.7 Å². The average Bonchev–Trinajstić information content (AvgIpc) is 2.60. The third-order valence-corrected chi connectivity index (χ3v) is 3.04. The summed E-state index contributed by atoms with van der Waals surface area (Å²) >= 11 is 0. The Morgan fingerprint density at radius 2 is 1.83 bits per heavy atom. The van der Waals surface area contributed by atoms with Crippen LogP contribution in [0.15, 0.2) is 12.1 Å². The number of hydrogen-bond donors (Lipinski definition) is 0. The number of rotatable bonds is 2. The molecule has 0 bridgehead atoms. The van der Waals surface area contributed by atoms with E-state index in [1.165, 1.54) is 12.0 Å². The molecule has 5 heteroatoms. The third-order valence-electron chi connectivity index (χ3n) is 3.04. The summed E-state index contributed by atoms with van der Waals surface area (Å²) in [6.07, 6.45) is 0. The molecule has 94 valence electrons. The fraction of sp³-hybridized carbons (Fsp3) is 0.308. The number of hydrogen-bond acceptors (Lipinski definition) is 4. The zero-order chi connectivity index (χ0) is 13.4. The predicted octanol–water partition coefficient (Wildman–Crippen LogP) is 1.01. The maximum atomic E-state index is 11.9. The second-order valence-corrected chi connectivity index (χ2v) is 4.22. The van der Waals surface area contributed by atoms with Gasteiger partial charge in [-0.05, 0) is 25.0 Å². The molecule has 0 N–H and O–H groups in total. The van der Waals surface area contributed by atoms with E-state index in [9.17, 15) is 14.4 Å². The van der Waals surface area contributed by atoms with Crippen LogP contribution < -0.4 is 4.90 Å². The Hall–Kier alpha value is -2.17. The smallest absolute Gasteiger partial charge is 0.325 e. The maximum Gasteiger partial charge on any atom is 0.325 e. The van der Waals surface area contributed by atoms with Gasteiger partial charge in [-0.2, -0.15) is 0 Å². The van der Waals surface area contributed by atoms with E-state index in [0.29, 0.717) is 11.3 Å². The molecule has 0 aromatic heterocycles. The van der Waals surface area contributed by atoms with E-state index in [-0.39, 0.29) is 6.54 Å². The molecule has 0 unspecified atom stereocenters. The Morgan fingerprint density at radius 3 is 2.44 bits per heavy atom. The van der Waals surface area contributed by atoms with Crippen molar-refractivity contribution >= 4 is 23.3 Å². The normalized spacial score (nSPS) is 13.8. The highest BCUT2D eigenvalue weighted by atomic mass is 16.5. The van der Waals surface area contributed by atoms with Crippen LogP contribution >= 0.6 is 0 Å². The number of fused-ring (bicyclic) bond motifs is 1. The number of nitrogens with zero attached hydrogens (tertiary/aromatic N) is 1. The number of Topliss-reactive ketones (excluding diaryl/α,β-unsaturated/α-hetero) is 1. The van der Waals surface area contributed by atoms with Gasteiger partial charge in [-0.15, -0.1) is 0 Å². The summed E-state index contributed by atoms with van der Waals surface area (Å²) in [5.41, 5.74) is 2.44. The fourth-order valence-electron chi connectivity index (χ4n) is 2.11. The SMILES string of the molecule is COC(=O)CN1C(=O)C(=O)c2c(C)ccc(C)c21. The lowest BCUT2D eigenvalue weighted by molar-refractivity contribution is -0.139. The number of amides is 1. The van der Waals surface area contributed by atoms with Gasteiger partial charge in [0.1, 0.15) is 6.54 Å². The van der Waals surface area contributed by atoms with Gasteiger partial charge < -0.3 is 4.74 Å². The molecule has 0 atom stereocenters. The summed E-state index contributed by atoms with van der Waals surface area (Å²) in [6.45, 7) is 3.33. The second kappa shape index (κ2) is 4.25. The fourth-order valence-corrected chi connectivity index (χ4v) is 2.11. The molecule has 1 heterocycles. The summed E-state index contributed by atoms with van der Waals surface area (Å²) in [5, 5.41) is 0. The lowest BCUT2D eigenvalue weighted by atomic mass is 10.0. The van der Waals surface area contributed by atoms with Gasteiger partial charge >= 0.3 is 5.97 Å². The van der Waals surface area contributed by atoms with Crippen LogP contribution in [0, 0.1) is 13.8 Å². The number of carbonyl (C=O) groups excluding carboxylic acids is 3. The number of carbonyl (C=O) groups is 3. The van der Waals surface area contributed by atoms with Crippen LogP contribution in [0.2, 0.25) is 0 Å². The third kappa shape index (κ3) is 1.68. The molecule has 1 aromatic rings. The predicted molar refractivity (Wildman–Crippen MR) is 64.6 cm³/mol. The van der Waals surface area contributed by atoms with Gasteiger partial charge in [-0.3, -0.25) is 19.3 Å². The summed E-state index contributed by atoms with van der Waals surface area (Å²) < 4.78 is 4.54. The van der Waals surface area contributed by atoms with Crippen molar-refractivity contribution in [2.45, 2.75) is 13.8 Å². The molecule has 2 rings (SSSR count). The molecule has 18 heavy (non-hydrogen) atoms. The van der Waals surface area contributed by atoms with Crippen LogP contribution in [-0.4, -0.2) is 31.3 Å². The first-order chi connectivity index (χ1) is 8.47. The van der Waals surface area contributed by atoms with Gasteiger partial charge in [0.15, 0.2) is 0 Å². The molecule has 0 aliphatic carbocycles. The van der Waals surface area contributed by atoms with E-state index in [4.69, 9.17) is 0 Å². The standard InChI is InChI=1S/C13H13NO4/c1-7-4-5-8(2)11-10(7)12(16)13(17)14(11)6-9(15)18-3/h4-5H,6H2,1-3H3. The lowest BCUT2D eigenvalue weighted by Gasteiger charge is -2.17. The molecular weight excluding hydrogens is 234 g/mol. The largest absolute Gasteiger partial charge is 0.468 e. The number of ketones is 1. The second-order valence-electron chi connectivity index (χ2n) is 4.22. The van der Waals surface area contributed by atoms with Gasteiger partial charge in [0.2, 0.25) is 0 Å². The van der Waals surface area contributed by atoms with Crippen LogP contribution in [0.4, 0.5) is 5.69 Å². The van der Waals surface area contributed by atoms with Crippen molar-refractivity contribution < 1.29 is 19.1 Å². The first-order valence-electron chi connectivity index (χ1n) is 5.50. The van der Waals surface area contributed by atoms with Crippen molar-refractivity contribution in [2.24, 2.45) is 0 Å². The molecule has 1 aliphatic heterocycles. The molecule has 0 fully saturated rings. The molecule has 1 aromatic carbocycles. The van der Waals surface area contributed by atoms with E-state index < -0.39 is 17.7 Å². The van der Waals surface area contributed by atoms with Crippen LogP contribution in [0.25, 0.3) is 0 Å². The Bertz CT molecular complexity index is 562. The minimum Gasteiger partial charge on any atom is -0.468 e. The van der Waals surface area contributed by atoms with Crippen molar-refractivity contribution in [2.75, 3.05) is 18.6 Å². The van der Waals surface area contributed by atoms with Crippen LogP contribution in [0.5, 0.6) is 0 Å². The van der Waals surface area contributed by atoms with Crippen molar-refractivity contribution in [3.8, 4) is 0 Å². The number of aryl methyl sites for hydroxylation is 2. The van der Waals surface area contributed by atoms with Gasteiger partial charge in [0.05, 0.1) is 18.4 Å². The number of esters is 1. The highest BCUT2D eigenvalue weighted by Gasteiger charge is 2.39. The Kier molecular flexibility index (Phi) is 2.90. The summed E-state index contributed by atoms with van der Waals surface area (Å²) in [5.74, 6) is -1.78. The molecule has 0 radical (unpaired) electrons. The van der Waals surface area contributed by atoms with Crippen LogP contribution in [0.1, 0.15) is 21.5 Å². The molecular formula is C13H13NO4. The Labute approximate surface area is 104 Å². The zero-order valence-electron chi connectivity index (χ0n) is 10.4. The Balaban J connectivity index is 2.55. The van der Waals surface area contributed by atoms with E-state index in [0.717, 1.165) is 11.1 Å². The first kappa shape index (κ1) is 12.3. The van der Waals surface area contributed by atoms with E-state index in [1.807, 2.05) is 6.07 Å². The zero-order valence-corrected chi connectivity index (χ0v) is 10.4. The highest BCUT2D eigenvalue weighted by molar-refractivity contribution is 6.53. The molecule has 0 saturated carbocycles. The Morgan fingerprint density at radius 1 is 1.22 bits per heavy atom. The highest BCUT2D eigenvalue weighted by Crippen LogP contribution is 2.34. The molecule has 1 aliphatic rings. The van der Waals surface area contributed by atoms with Crippen molar-refractivity contribution in [3.05, 3.63) is 28.8 Å².